The maximum atomic E-state index is 12.5. The quantitative estimate of drug-likeness (QED) is 0.718. The molecule has 0 spiro atoms. The molecule has 0 aliphatic heterocycles. The van der Waals surface area contributed by atoms with Gasteiger partial charge in [-0.25, -0.2) is 0 Å². The molecule has 1 aliphatic carbocycles. The fourth-order valence-electron chi connectivity index (χ4n) is 1.93. The molecule has 3 nitrogen and oxygen atoms in total. The SMILES string of the molecule is N#CCn1nc(C(F)(F)F)c2c1CCC2. The Balaban J connectivity index is 2.50. The summed E-state index contributed by atoms with van der Waals surface area (Å²) in [6.45, 7) is -0.113. The third-order valence-corrected chi connectivity index (χ3v) is 2.50. The summed E-state index contributed by atoms with van der Waals surface area (Å²) < 4.78 is 38.8. The minimum Gasteiger partial charge on any atom is -0.255 e. The van der Waals surface area contributed by atoms with Gasteiger partial charge in [0.2, 0.25) is 0 Å². The van der Waals surface area contributed by atoms with Crippen molar-refractivity contribution < 1.29 is 13.2 Å². The van der Waals surface area contributed by atoms with Gasteiger partial charge in [0, 0.05) is 11.3 Å². The second-order valence-corrected chi connectivity index (χ2v) is 3.44. The van der Waals surface area contributed by atoms with Crippen LogP contribution in [0.3, 0.4) is 0 Å². The van der Waals surface area contributed by atoms with Gasteiger partial charge in [-0.1, -0.05) is 0 Å². The molecular formula is C9H8F3N3. The topological polar surface area (TPSA) is 41.6 Å². The average molecular weight is 215 g/mol. The number of aromatic nitrogens is 2. The maximum absolute atomic E-state index is 12.5. The van der Waals surface area contributed by atoms with Crippen LogP contribution in [0.2, 0.25) is 0 Å². The molecule has 6 heteroatoms. The molecule has 1 heterocycles. The van der Waals surface area contributed by atoms with Gasteiger partial charge in [0.05, 0.1) is 6.07 Å². The molecule has 0 amide bonds. The zero-order valence-electron chi connectivity index (χ0n) is 7.80. The Morgan fingerprint density at radius 3 is 2.73 bits per heavy atom. The number of rotatable bonds is 1. The third kappa shape index (κ3) is 1.58. The Labute approximate surface area is 84.1 Å². The summed E-state index contributed by atoms with van der Waals surface area (Å²) in [5.74, 6) is 0. The highest BCUT2D eigenvalue weighted by atomic mass is 19.4. The van der Waals surface area contributed by atoms with Crippen LogP contribution in [0.1, 0.15) is 23.4 Å². The van der Waals surface area contributed by atoms with E-state index in [1.807, 2.05) is 6.07 Å². The van der Waals surface area contributed by atoms with Gasteiger partial charge in [0.15, 0.2) is 5.69 Å². The maximum Gasteiger partial charge on any atom is 0.435 e. The predicted molar refractivity (Wildman–Crippen MR) is 44.9 cm³/mol. The highest BCUT2D eigenvalue weighted by Gasteiger charge is 2.39. The van der Waals surface area contributed by atoms with E-state index in [9.17, 15) is 13.2 Å². The summed E-state index contributed by atoms with van der Waals surface area (Å²) >= 11 is 0. The Morgan fingerprint density at radius 2 is 2.13 bits per heavy atom. The lowest BCUT2D eigenvalue weighted by Gasteiger charge is -2.03. The van der Waals surface area contributed by atoms with E-state index in [1.165, 1.54) is 4.68 Å². The highest BCUT2D eigenvalue weighted by molar-refractivity contribution is 5.32. The molecule has 0 atom stereocenters. The van der Waals surface area contributed by atoms with Crippen molar-refractivity contribution in [2.75, 3.05) is 0 Å². The van der Waals surface area contributed by atoms with Crippen molar-refractivity contribution in [2.45, 2.75) is 32.0 Å². The first-order valence-electron chi connectivity index (χ1n) is 4.56. The normalized spacial score (nSPS) is 15.1. The van der Waals surface area contributed by atoms with Gasteiger partial charge in [-0.2, -0.15) is 23.5 Å². The van der Waals surface area contributed by atoms with E-state index in [-0.39, 0.29) is 12.1 Å². The van der Waals surface area contributed by atoms with Crippen molar-refractivity contribution in [2.24, 2.45) is 0 Å². The fourth-order valence-corrected chi connectivity index (χ4v) is 1.93. The van der Waals surface area contributed by atoms with Crippen LogP contribution < -0.4 is 0 Å². The second kappa shape index (κ2) is 3.26. The van der Waals surface area contributed by atoms with E-state index in [1.54, 1.807) is 0 Å². The van der Waals surface area contributed by atoms with Crippen molar-refractivity contribution in [1.82, 2.24) is 9.78 Å². The van der Waals surface area contributed by atoms with Crippen LogP contribution in [-0.2, 0) is 25.6 Å². The number of fused-ring (bicyclic) bond motifs is 1. The lowest BCUT2D eigenvalue weighted by Crippen LogP contribution is -2.10. The molecule has 0 bridgehead atoms. The van der Waals surface area contributed by atoms with Gasteiger partial charge >= 0.3 is 6.18 Å². The first-order chi connectivity index (χ1) is 7.04. The first-order valence-corrected chi connectivity index (χ1v) is 4.56. The van der Waals surface area contributed by atoms with Crippen molar-refractivity contribution >= 4 is 0 Å². The molecule has 2 rings (SSSR count). The van der Waals surface area contributed by atoms with Crippen LogP contribution in [-0.4, -0.2) is 9.78 Å². The molecular weight excluding hydrogens is 207 g/mol. The minimum absolute atomic E-state index is 0.113. The van der Waals surface area contributed by atoms with Gasteiger partial charge in [-0.15, -0.1) is 0 Å². The largest absolute Gasteiger partial charge is 0.435 e. The van der Waals surface area contributed by atoms with Crippen molar-refractivity contribution in [3.05, 3.63) is 17.0 Å². The Hall–Kier alpha value is -1.51. The zero-order valence-corrected chi connectivity index (χ0v) is 7.80. The number of hydrogen-bond donors (Lipinski definition) is 0. The molecule has 80 valence electrons. The average Bonchev–Trinajstić information content (AvgIpc) is 2.66. The third-order valence-electron chi connectivity index (χ3n) is 2.50. The number of alkyl halides is 3. The lowest BCUT2D eigenvalue weighted by molar-refractivity contribution is -0.142. The van der Waals surface area contributed by atoms with Gasteiger partial charge in [-0.3, -0.25) is 4.68 Å². The molecule has 1 aromatic heterocycles. The van der Waals surface area contributed by atoms with Crippen LogP contribution in [0.25, 0.3) is 0 Å². The fraction of sp³-hybridized carbons (Fsp3) is 0.556. The standard InChI is InChI=1S/C9H8F3N3/c10-9(11,12)8-6-2-1-3-7(6)15(14-8)5-4-13/h1-3,5H2. The van der Waals surface area contributed by atoms with E-state index < -0.39 is 11.9 Å². The van der Waals surface area contributed by atoms with Crippen LogP contribution in [0.5, 0.6) is 0 Å². The molecule has 0 fully saturated rings. The summed E-state index contributed by atoms with van der Waals surface area (Å²) in [6.07, 6.45) is -2.70. The van der Waals surface area contributed by atoms with E-state index in [0.29, 0.717) is 25.0 Å². The number of halogens is 3. The van der Waals surface area contributed by atoms with Crippen LogP contribution in [0.4, 0.5) is 13.2 Å². The van der Waals surface area contributed by atoms with E-state index >= 15 is 0 Å². The Morgan fingerprint density at radius 1 is 1.40 bits per heavy atom. The van der Waals surface area contributed by atoms with E-state index in [2.05, 4.69) is 5.10 Å². The van der Waals surface area contributed by atoms with Gasteiger partial charge in [0.25, 0.3) is 0 Å². The summed E-state index contributed by atoms with van der Waals surface area (Å²) in [6, 6.07) is 1.81. The molecule has 0 unspecified atom stereocenters. The number of nitriles is 1. The van der Waals surface area contributed by atoms with Crippen molar-refractivity contribution in [3.63, 3.8) is 0 Å². The summed E-state index contributed by atoms with van der Waals surface area (Å²) in [7, 11) is 0. The lowest BCUT2D eigenvalue weighted by atomic mass is 10.2. The summed E-state index contributed by atoms with van der Waals surface area (Å²) in [4.78, 5) is 0. The minimum atomic E-state index is -4.41. The number of nitrogens with zero attached hydrogens (tertiary/aromatic N) is 3. The smallest absolute Gasteiger partial charge is 0.255 e. The van der Waals surface area contributed by atoms with Gasteiger partial charge < -0.3 is 0 Å². The van der Waals surface area contributed by atoms with Crippen molar-refractivity contribution in [3.8, 4) is 6.07 Å². The zero-order chi connectivity index (χ0) is 11.1. The van der Waals surface area contributed by atoms with Gasteiger partial charge in [0.1, 0.15) is 6.54 Å². The van der Waals surface area contributed by atoms with Gasteiger partial charge in [-0.05, 0) is 19.3 Å². The molecule has 1 aliphatic rings. The Bertz CT molecular complexity index is 425. The molecule has 0 radical (unpaired) electrons. The van der Waals surface area contributed by atoms with Crippen LogP contribution >= 0.6 is 0 Å². The molecule has 0 saturated heterocycles. The first kappa shape index (κ1) is 10.0. The predicted octanol–water partition coefficient (Wildman–Crippen LogP) is 1.91. The molecule has 1 aromatic rings. The molecule has 0 saturated carbocycles. The molecule has 0 N–H and O–H groups in total. The van der Waals surface area contributed by atoms with Crippen molar-refractivity contribution in [1.29, 1.82) is 5.26 Å². The monoisotopic (exact) mass is 215 g/mol. The highest BCUT2D eigenvalue weighted by Crippen LogP contribution is 2.36. The van der Waals surface area contributed by atoms with E-state index in [4.69, 9.17) is 5.26 Å². The summed E-state index contributed by atoms with van der Waals surface area (Å²) in [5.41, 5.74) is 0.0341. The van der Waals surface area contributed by atoms with E-state index in [0.717, 1.165) is 0 Å². The number of hydrogen-bond acceptors (Lipinski definition) is 2. The summed E-state index contributed by atoms with van der Waals surface area (Å²) in [5, 5.41) is 11.9. The second-order valence-electron chi connectivity index (χ2n) is 3.44. The van der Waals surface area contributed by atoms with Crippen LogP contribution in [0, 0.1) is 11.3 Å². The molecule has 0 aromatic carbocycles. The Kier molecular flexibility index (Phi) is 2.18. The molecule has 15 heavy (non-hydrogen) atoms. The van der Waals surface area contributed by atoms with Crippen LogP contribution in [0.15, 0.2) is 0 Å².